The first-order valence-corrected chi connectivity index (χ1v) is 5.97. The van der Waals surface area contributed by atoms with Crippen molar-refractivity contribution in [3.05, 3.63) is 42.4 Å². The molecule has 2 aromatic rings. The van der Waals surface area contributed by atoms with Gasteiger partial charge in [-0.3, -0.25) is 4.79 Å². The van der Waals surface area contributed by atoms with Crippen molar-refractivity contribution < 1.29 is 4.79 Å². The van der Waals surface area contributed by atoms with E-state index in [-0.39, 0.29) is 5.78 Å². The Balaban J connectivity index is 2.47. The van der Waals surface area contributed by atoms with E-state index in [4.69, 9.17) is 0 Å². The minimum absolute atomic E-state index is 0.0678. The van der Waals surface area contributed by atoms with Crippen LogP contribution in [0.1, 0.15) is 17.5 Å². The van der Waals surface area contributed by atoms with E-state index < -0.39 is 0 Å². The maximum Gasteiger partial charge on any atom is 0.222 e. The lowest BCUT2D eigenvalue weighted by atomic mass is 10.3. The third-order valence-corrected chi connectivity index (χ3v) is 2.72. The number of carbonyl (C=O) groups excluding carboxylic acids is 1. The average Bonchev–Trinajstić information content (AvgIpc) is 2.74. The van der Waals surface area contributed by atoms with E-state index in [0.717, 1.165) is 17.6 Å². The van der Waals surface area contributed by atoms with Crippen molar-refractivity contribution in [2.75, 3.05) is 14.1 Å². The van der Waals surface area contributed by atoms with Crippen LogP contribution >= 0.6 is 0 Å². The summed E-state index contributed by atoms with van der Waals surface area (Å²) in [6.07, 6.45) is 3.29. The molecule has 18 heavy (non-hydrogen) atoms. The quantitative estimate of drug-likeness (QED) is 0.611. The Kier molecular flexibility index (Phi) is 3.46. The molecule has 0 bridgehead atoms. The number of imidazole rings is 1. The minimum atomic E-state index is -0.0678. The molecule has 2 rings (SSSR count). The number of rotatable bonds is 4. The molecule has 0 aliphatic carbocycles. The summed E-state index contributed by atoms with van der Waals surface area (Å²) in [5.41, 5.74) is 1.86. The third-order valence-electron chi connectivity index (χ3n) is 2.72. The summed E-state index contributed by atoms with van der Waals surface area (Å²) < 4.78 is 1.94. The molecular weight excluding hydrogens is 226 g/mol. The Labute approximate surface area is 107 Å². The van der Waals surface area contributed by atoms with Gasteiger partial charge in [-0.05, 0) is 19.1 Å². The van der Waals surface area contributed by atoms with E-state index >= 15 is 0 Å². The van der Waals surface area contributed by atoms with Gasteiger partial charge in [0.1, 0.15) is 0 Å². The molecule has 0 radical (unpaired) electrons. The van der Waals surface area contributed by atoms with Crippen LogP contribution in [-0.2, 0) is 6.54 Å². The first-order valence-electron chi connectivity index (χ1n) is 5.97. The van der Waals surface area contributed by atoms with Crippen LogP contribution in [0.3, 0.4) is 0 Å². The van der Waals surface area contributed by atoms with Gasteiger partial charge in [0.15, 0.2) is 5.82 Å². The van der Waals surface area contributed by atoms with Crippen molar-refractivity contribution in [1.29, 1.82) is 0 Å². The second kappa shape index (κ2) is 5.04. The zero-order chi connectivity index (χ0) is 13.1. The molecule has 0 saturated heterocycles. The number of allylic oxidation sites excluding steroid dienone is 1. The fourth-order valence-corrected chi connectivity index (χ4v) is 1.88. The highest BCUT2D eigenvalue weighted by Crippen LogP contribution is 2.16. The highest BCUT2D eigenvalue weighted by molar-refractivity contribution is 6.03. The number of carbonyl (C=O) groups is 1. The van der Waals surface area contributed by atoms with E-state index in [1.807, 2.05) is 54.8 Å². The molecule has 0 amide bonds. The summed E-state index contributed by atoms with van der Waals surface area (Å²) in [5.74, 6) is 0.429. The molecule has 0 spiro atoms. The molecule has 0 aliphatic heterocycles. The molecule has 94 valence electrons. The van der Waals surface area contributed by atoms with Crippen LogP contribution in [0.4, 0.5) is 0 Å². The van der Waals surface area contributed by atoms with Gasteiger partial charge in [0, 0.05) is 32.9 Å². The van der Waals surface area contributed by atoms with Gasteiger partial charge < -0.3 is 9.47 Å². The molecule has 1 aromatic heterocycles. The number of benzene rings is 1. The highest BCUT2D eigenvalue weighted by Gasteiger charge is 2.13. The largest absolute Gasteiger partial charge is 0.383 e. The molecule has 1 heterocycles. The van der Waals surface area contributed by atoms with Crippen LogP contribution < -0.4 is 0 Å². The first kappa shape index (κ1) is 12.4. The molecule has 4 nitrogen and oxygen atoms in total. The van der Waals surface area contributed by atoms with Gasteiger partial charge in [-0.2, -0.15) is 0 Å². The molecule has 0 unspecified atom stereocenters. The molecule has 0 N–H and O–H groups in total. The second-order valence-corrected chi connectivity index (χ2v) is 4.31. The predicted octanol–water partition coefficient (Wildman–Crippen LogP) is 2.31. The number of para-hydroxylation sites is 2. The molecule has 0 saturated carbocycles. The minimum Gasteiger partial charge on any atom is -0.383 e. The normalized spacial score (nSPS) is 11.3. The van der Waals surface area contributed by atoms with Gasteiger partial charge in [-0.15, -0.1) is 0 Å². The summed E-state index contributed by atoms with van der Waals surface area (Å²) in [4.78, 5) is 18.3. The van der Waals surface area contributed by atoms with Crippen LogP contribution in [0, 0.1) is 0 Å². The van der Waals surface area contributed by atoms with Gasteiger partial charge >= 0.3 is 0 Å². The lowest BCUT2D eigenvalue weighted by Gasteiger charge is -2.04. The Hall–Kier alpha value is -2.10. The highest BCUT2D eigenvalue weighted by atomic mass is 16.1. The summed E-state index contributed by atoms with van der Waals surface area (Å²) >= 11 is 0. The van der Waals surface area contributed by atoms with Crippen molar-refractivity contribution >= 4 is 16.8 Å². The van der Waals surface area contributed by atoms with E-state index in [9.17, 15) is 4.79 Å². The van der Waals surface area contributed by atoms with Crippen molar-refractivity contribution in [2.45, 2.75) is 13.5 Å². The van der Waals surface area contributed by atoms with Gasteiger partial charge in [0.05, 0.1) is 11.0 Å². The third kappa shape index (κ3) is 2.27. The van der Waals surface area contributed by atoms with Crippen LogP contribution in [0.5, 0.6) is 0 Å². The predicted molar refractivity (Wildman–Crippen MR) is 72.6 cm³/mol. The van der Waals surface area contributed by atoms with Crippen LogP contribution in [-0.4, -0.2) is 34.3 Å². The van der Waals surface area contributed by atoms with Gasteiger partial charge in [0.2, 0.25) is 5.78 Å². The number of aryl methyl sites for hydroxylation is 1. The molecule has 0 atom stereocenters. The Morgan fingerprint density at radius 1 is 1.39 bits per heavy atom. The van der Waals surface area contributed by atoms with E-state index in [1.165, 1.54) is 0 Å². The summed E-state index contributed by atoms with van der Waals surface area (Å²) in [6, 6.07) is 7.80. The molecular formula is C14H17N3O. The summed E-state index contributed by atoms with van der Waals surface area (Å²) in [5, 5.41) is 0. The molecule has 0 fully saturated rings. The maximum atomic E-state index is 12.1. The van der Waals surface area contributed by atoms with Gasteiger partial charge in [-0.25, -0.2) is 4.98 Å². The zero-order valence-corrected chi connectivity index (χ0v) is 10.9. The number of hydrogen-bond donors (Lipinski definition) is 0. The second-order valence-electron chi connectivity index (χ2n) is 4.31. The van der Waals surface area contributed by atoms with Crippen LogP contribution in [0.25, 0.3) is 11.0 Å². The molecule has 1 aromatic carbocycles. The Bertz CT molecular complexity index is 596. The van der Waals surface area contributed by atoms with Gasteiger partial charge in [-0.1, -0.05) is 12.1 Å². The number of fused-ring (bicyclic) bond motifs is 1. The lowest BCUT2D eigenvalue weighted by Crippen LogP contribution is -2.09. The number of ketones is 1. The average molecular weight is 243 g/mol. The van der Waals surface area contributed by atoms with Crippen molar-refractivity contribution in [2.24, 2.45) is 0 Å². The van der Waals surface area contributed by atoms with E-state index in [2.05, 4.69) is 4.98 Å². The summed E-state index contributed by atoms with van der Waals surface area (Å²) in [7, 11) is 3.76. The Morgan fingerprint density at radius 2 is 2.11 bits per heavy atom. The standard InChI is InChI=1S/C14H17N3O/c1-4-17-12-8-6-5-7-11(12)15-14(17)13(18)9-10-16(2)3/h5-10H,4H2,1-3H3/b10-9+. The number of nitrogens with zero attached hydrogens (tertiary/aromatic N) is 3. The van der Waals surface area contributed by atoms with E-state index in [1.54, 1.807) is 12.3 Å². The summed E-state index contributed by atoms with van der Waals surface area (Å²) in [6.45, 7) is 2.75. The van der Waals surface area contributed by atoms with Crippen LogP contribution in [0.15, 0.2) is 36.5 Å². The number of hydrogen-bond acceptors (Lipinski definition) is 3. The fraction of sp³-hybridized carbons (Fsp3) is 0.286. The van der Waals surface area contributed by atoms with Crippen LogP contribution in [0.2, 0.25) is 0 Å². The molecule has 4 heteroatoms. The number of aromatic nitrogens is 2. The fourth-order valence-electron chi connectivity index (χ4n) is 1.88. The Morgan fingerprint density at radius 3 is 2.78 bits per heavy atom. The van der Waals surface area contributed by atoms with Crippen molar-refractivity contribution in [3.63, 3.8) is 0 Å². The van der Waals surface area contributed by atoms with E-state index in [0.29, 0.717) is 5.82 Å². The van der Waals surface area contributed by atoms with Gasteiger partial charge in [0.25, 0.3) is 0 Å². The molecule has 0 aliphatic rings. The SMILES string of the molecule is CCn1c(C(=O)/C=C/N(C)C)nc2ccccc21. The lowest BCUT2D eigenvalue weighted by molar-refractivity contribution is 0.103. The topological polar surface area (TPSA) is 38.1 Å². The zero-order valence-electron chi connectivity index (χ0n) is 10.9. The smallest absolute Gasteiger partial charge is 0.222 e. The first-order chi connectivity index (χ1) is 8.63. The maximum absolute atomic E-state index is 12.1. The van der Waals surface area contributed by atoms with Crippen molar-refractivity contribution in [3.8, 4) is 0 Å². The van der Waals surface area contributed by atoms with Crippen molar-refractivity contribution in [1.82, 2.24) is 14.5 Å². The monoisotopic (exact) mass is 243 g/mol.